The molecule has 17 heavy (non-hydrogen) atoms. The molecule has 2 aromatic carbocycles. The van der Waals surface area contributed by atoms with Gasteiger partial charge in [0, 0.05) is 0 Å². The fraction of sp³-hybridized carbons (Fsp3) is 0.143. The summed E-state index contributed by atoms with van der Waals surface area (Å²) in [6.45, 7) is 0. The van der Waals surface area contributed by atoms with Crippen LogP contribution in [0.2, 0.25) is 0 Å². The van der Waals surface area contributed by atoms with Crippen LogP contribution >= 0.6 is 8.58 Å². The third kappa shape index (κ3) is 2.78. The van der Waals surface area contributed by atoms with Crippen molar-refractivity contribution < 1.29 is 9.47 Å². The highest BCUT2D eigenvalue weighted by molar-refractivity contribution is 7.56. The fourth-order valence-corrected chi connectivity index (χ4v) is 2.71. The molecule has 0 radical (unpaired) electrons. The first-order valence-corrected chi connectivity index (χ1v) is 6.22. The highest BCUT2D eigenvalue weighted by atomic mass is 31.1. The Balaban J connectivity index is 2.31. The Morgan fingerprint density at radius 3 is 1.53 bits per heavy atom. The second kappa shape index (κ2) is 5.70. The number of hydrogen-bond acceptors (Lipinski definition) is 2. The van der Waals surface area contributed by atoms with Crippen molar-refractivity contribution in [2.75, 3.05) is 14.2 Å². The summed E-state index contributed by atoms with van der Waals surface area (Å²) in [6, 6.07) is 16.0. The molecule has 0 aliphatic carbocycles. The summed E-state index contributed by atoms with van der Waals surface area (Å²) in [5.74, 6) is 1.81. The summed E-state index contributed by atoms with van der Waals surface area (Å²) in [5, 5.41) is 2.28. The number of benzene rings is 2. The number of ether oxygens (including phenoxy) is 2. The van der Waals surface area contributed by atoms with E-state index in [1.54, 1.807) is 14.2 Å². The molecule has 2 nitrogen and oxygen atoms in total. The Labute approximate surface area is 103 Å². The average Bonchev–Trinajstić information content (AvgIpc) is 2.40. The lowest BCUT2D eigenvalue weighted by atomic mass is 10.3. The van der Waals surface area contributed by atoms with Crippen molar-refractivity contribution >= 4 is 19.2 Å². The number of para-hydroxylation sites is 2. The maximum Gasteiger partial charge on any atom is 0.0915 e. The summed E-state index contributed by atoms with van der Waals surface area (Å²) in [7, 11) is 4.47. The predicted octanol–water partition coefficient (Wildman–Crippen LogP) is 2.60. The van der Waals surface area contributed by atoms with Gasteiger partial charge in [0.15, 0.2) is 0 Å². The van der Waals surface area contributed by atoms with E-state index in [0.717, 1.165) is 30.7 Å². The van der Waals surface area contributed by atoms with E-state index in [1.165, 1.54) is 0 Å². The summed E-state index contributed by atoms with van der Waals surface area (Å²) in [5.41, 5.74) is 0. The molecular weight excluding hydrogens is 231 g/mol. The molecule has 0 aliphatic heterocycles. The Morgan fingerprint density at radius 2 is 1.12 bits per heavy atom. The lowest BCUT2D eigenvalue weighted by Crippen LogP contribution is -2.08. The summed E-state index contributed by atoms with van der Waals surface area (Å²) in [4.78, 5) is 0. The van der Waals surface area contributed by atoms with Crippen LogP contribution in [0.4, 0.5) is 0 Å². The van der Waals surface area contributed by atoms with Crippen LogP contribution in [-0.2, 0) is 0 Å². The minimum atomic E-state index is 0.903. The van der Waals surface area contributed by atoms with Gasteiger partial charge >= 0.3 is 0 Å². The van der Waals surface area contributed by atoms with E-state index in [0.29, 0.717) is 0 Å². The van der Waals surface area contributed by atoms with Crippen LogP contribution < -0.4 is 20.1 Å². The van der Waals surface area contributed by atoms with Gasteiger partial charge in [-0.05, 0) is 12.1 Å². The van der Waals surface area contributed by atoms with Crippen LogP contribution in [0.3, 0.4) is 0 Å². The summed E-state index contributed by atoms with van der Waals surface area (Å²) >= 11 is 0. The standard InChI is InChI=1S/C14H14O2P/c1-15-11-7-3-5-9-13(11)17-14-10-6-4-8-12(14)16-2/h3-10H,1-2H3/q-1. The zero-order valence-corrected chi connectivity index (χ0v) is 10.8. The van der Waals surface area contributed by atoms with E-state index in [2.05, 4.69) is 12.1 Å². The van der Waals surface area contributed by atoms with Crippen molar-refractivity contribution in [3.8, 4) is 11.5 Å². The van der Waals surface area contributed by atoms with Gasteiger partial charge in [-0.3, -0.25) is 0 Å². The zero-order valence-electron chi connectivity index (χ0n) is 9.88. The second-order valence-electron chi connectivity index (χ2n) is 3.46. The molecule has 0 atom stereocenters. The maximum atomic E-state index is 5.34. The Morgan fingerprint density at radius 1 is 0.706 bits per heavy atom. The van der Waals surface area contributed by atoms with Gasteiger partial charge in [-0.2, -0.15) is 10.6 Å². The molecule has 0 aromatic heterocycles. The summed E-state index contributed by atoms with van der Waals surface area (Å²) in [6.07, 6.45) is 0. The molecule has 2 rings (SSSR count). The van der Waals surface area contributed by atoms with Gasteiger partial charge in [0.05, 0.1) is 25.7 Å². The first kappa shape index (κ1) is 11.9. The highest BCUT2D eigenvalue weighted by Gasteiger charge is 1.94. The highest BCUT2D eigenvalue weighted by Crippen LogP contribution is 2.23. The van der Waals surface area contributed by atoms with Crippen LogP contribution in [-0.4, -0.2) is 14.2 Å². The number of hydrogen-bond donors (Lipinski definition) is 0. The lowest BCUT2D eigenvalue weighted by Gasteiger charge is -2.24. The van der Waals surface area contributed by atoms with Crippen molar-refractivity contribution in [2.24, 2.45) is 0 Å². The SMILES string of the molecule is COc1ccccc1[P-]c1ccccc1OC. The van der Waals surface area contributed by atoms with Gasteiger partial charge in [-0.25, -0.2) is 0 Å². The molecule has 0 amide bonds. The monoisotopic (exact) mass is 245 g/mol. The van der Waals surface area contributed by atoms with Crippen LogP contribution in [0.5, 0.6) is 11.5 Å². The van der Waals surface area contributed by atoms with Crippen LogP contribution in [0.25, 0.3) is 0 Å². The largest absolute Gasteiger partial charge is 0.499 e. The van der Waals surface area contributed by atoms with E-state index in [4.69, 9.17) is 9.47 Å². The molecular formula is C14H14O2P-. The molecule has 0 unspecified atom stereocenters. The van der Waals surface area contributed by atoms with Crippen LogP contribution in [0, 0.1) is 0 Å². The van der Waals surface area contributed by atoms with Crippen molar-refractivity contribution in [1.82, 2.24) is 0 Å². The van der Waals surface area contributed by atoms with Gasteiger partial charge in [0.25, 0.3) is 0 Å². The average molecular weight is 245 g/mol. The second-order valence-corrected chi connectivity index (χ2v) is 4.64. The normalized spacial score (nSPS) is 10.0. The first-order chi connectivity index (χ1) is 8.35. The van der Waals surface area contributed by atoms with E-state index >= 15 is 0 Å². The molecule has 0 spiro atoms. The number of methoxy groups -OCH3 is 2. The predicted molar refractivity (Wildman–Crippen MR) is 72.2 cm³/mol. The van der Waals surface area contributed by atoms with E-state index in [9.17, 15) is 0 Å². The van der Waals surface area contributed by atoms with Crippen molar-refractivity contribution in [3.63, 3.8) is 0 Å². The molecule has 0 aliphatic rings. The topological polar surface area (TPSA) is 18.5 Å². The molecule has 0 bridgehead atoms. The molecule has 0 saturated heterocycles. The molecule has 88 valence electrons. The van der Waals surface area contributed by atoms with E-state index in [1.807, 2.05) is 36.4 Å². The minimum Gasteiger partial charge on any atom is -0.499 e. The quantitative estimate of drug-likeness (QED) is 0.771. The van der Waals surface area contributed by atoms with Crippen molar-refractivity contribution in [2.45, 2.75) is 0 Å². The van der Waals surface area contributed by atoms with Crippen molar-refractivity contribution in [3.05, 3.63) is 48.5 Å². The van der Waals surface area contributed by atoms with Gasteiger partial charge in [-0.15, -0.1) is 0 Å². The number of rotatable bonds is 4. The van der Waals surface area contributed by atoms with E-state index < -0.39 is 0 Å². The van der Waals surface area contributed by atoms with Gasteiger partial charge in [-0.1, -0.05) is 36.4 Å². The van der Waals surface area contributed by atoms with Crippen LogP contribution in [0.1, 0.15) is 0 Å². The van der Waals surface area contributed by atoms with Gasteiger partial charge in [0.2, 0.25) is 0 Å². The fourth-order valence-electron chi connectivity index (χ4n) is 1.57. The maximum absolute atomic E-state index is 5.34. The first-order valence-electron chi connectivity index (χ1n) is 5.33. The molecule has 2 aromatic rings. The molecule has 0 heterocycles. The molecule has 0 fully saturated rings. The Bertz CT molecular complexity index is 452. The Kier molecular flexibility index (Phi) is 4.00. The zero-order chi connectivity index (χ0) is 12.1. The van der Waals surface area contributed by atoms with Crippen molar-refractivity contribution in [1.29, 1.82) is 0 Å². The third-order valence-electron chi connectivity index (χ3n) is 2.41. The third-order valence-corrected chi connectivity index (χ3v) is 3.63. The Hall–Kier alpha value is -1.53. The lowest BCUT2D eigenvalue weighted by molar-refractivity contribution is 0.417. The minimum absolute atomic E-state index is 0.903. The molecule has 0 N–H and O–H groups in total. The van der Waals surface area contributed by atoms with Gasteiger partial charge in [0.1, 0.15) is 0 Å². The smallest absolute Gasteiger partial charge is 0.0915 e. The van der Waals surface area contributed by atoms with Gasteiger partial charge < -0.3 is 18.1 Å². The molecule has 0 saturated carbocycles. The summed E-state index contributed by atoms with van der Waals surface area (Å²) < 4.78 is 10.7. The van der Waals surface area contributed by atoms with E-state index in [-0.39, 0.29) is 0 Å². The van der Waals surface area contributed by atoms with Crippen LogP contribution in [0.15, 0.2) is 48.5 Å². The molecule has 3 heteroatoms.